The van der Waals surface area contributed by atoms with Crippen molar-refractivity contribution in [3.05, 3.63) is 53.6 Å². The van der Waals surface area contributed by atoms with Gasteiger partial charge in [-0.3, -0.25) is 4.79 Å². The van der Waals surface area contributed by atoms with Gasteiger partial charge in [-0.05, 0) is 55.7 Å². The Bertz CT molecular complexity index is 976. The molecule has 3 N–H and O–H groups in total. The minimum absolute atomic E-state index is 0.00659. The van der Waals surface area contributed by atoms with Crippen molar-refractivity contribution >= 4 is 29.0 Å². The first-order valence-electron chi connectivity index (χ1n) is 10.7. The molecule has 0 radical (unpaired) electrons. The van der Waals surface area contributed by atoms with E-state index in [0.717, 1.165) is 43.8 Å². The van der Waals surface area contributed by atoms with Crippen LogP contribution in [0.2, 0.25) is 0 Å². The summed E-state index contributed by atoms with van der Waals surface area (Å²) in [4.78, 5) is 27.3. The third kappa shape index (κ3) is 6.85. The third-order valence-electron chi connectivity index (χ3n) is 5.20. The highest BCUT2D eigenvalue weighted by Gasteiger charge is 2.30. The van der Waals surface area contributed by atoms with Gasteiger partial charge in [0.2, 0.25) is 0 Å². The molecule has 3 amide bonds. The summed E-state index contributed by atoms with van der Waals surface area (Å²) >= 11 is 0. The van der Waals surface area contributed by atoms with Gasteiger partial charge in [-0.2, -0.15) is 13.2 Å². The number of hydrogen-bond acceptors (Lipinski definition) is 4. The normalized spacial score (nSPS) is 13.6. The molecule has 0 atom stereocenters. The summed E-state index contributed by atoms with van der Waals surface area (Å²) in [6.45, 7) is 2.65. The first-order valence-corrected chi connectivity index (χ1v) is 10.7. The van der Waals surface area contributed by atoms with Gasteiger partial charge < -0.3 is 25.6 Å². The molecule has 10 heteroatoms. The molecule has 1 aliphatic heterocycles. The topological polar surface area (TPSA) is 82.7 Å². The van der Waals surface area contributed by atoms with E-state index in [-0.39, 0.29) is 11.6 Å². The minimum Gasteiger partial charge on any atom is -0.385 e. The second kappa shape index (κ2) is 11.0. The van der Waals surface area contributed by atoms with Crippen molar-refractivity contribution in [3.63, 3.8) is 0 Å². The van der Waals surface area contributed by atoms with Gasteiger partial charge >= 0.3 is 12.2 Å². The van der Waals surface area contributed by atoms with Gasteiger partial charge in [-0.15, -0.1) is 0 Å². The lowest BCUT2D eigenvalue weighted by Crippen LogP contribution is -2.29. The lowest BCUT2D eigenvalue weighted by atomic mass is 10.1. The molecule has 2 aromatic rings. The summed E-state index contributed by atoms with van der Waals surface area (Å²) in [5.41, 5.74) is 0.700. The number of methoxy groups -OCH3 is 1. The molecule has 0 aliphatic carbocycles. The fourth-order valence-electron chi connectivity index (χ4n) is 3.61. The number of ether oxygens (including phenoxy) is 1. The largest absolute Gasteiger partial charge is 0.416 e. The Balaban J connectivity index is 1.73. The molecule has 1 saturated heterocycles. The number of hydrogen-bond donors (Lipinski definition) is 3. The van der Waals surface area contributed by atoms with Gasteiger partial charge in [0.1, 0.15) is 0 Å². The van der Waals surface area contributed by atoms with E-state index in [1.807, 2.05) is 0 Å². The fourth-order valence-corrected chi connectivity index (χ4v) is 3.61. The SMILES string of the molecule is COCCCNC(=O)c1cc(NC(=O)Nc2cccc(C(F)(F)F)c2)ccc1N1CCCC1. The van der Waals surface area contributed by atoms with E-state index in [2.05, 4.69) is 20.9 Å². The molecule has 2 aromatic carbocycles. The van der Waals surface area contributed by atoms with Crippen LogP contribution in [0.1, 0.15) is 35.2 Å². The van der Waals surface area contributed by atoms with Gasteiger partial charge in [0.15, 0.2) is 0 Å². The van der Waals surface area contributed by atoms with Crippen molar-refractivity contribution in [1.82, 2.24) is 5.32 Å². The Hall–Kier alpha value is -3.27. The molecule has 3 rings (SSSR count). The molecule has 0 spiro atoms. The number of halogens is 3. The van der Waals surface area contributed by atoms with Crippen LogP contribution in [0.5, 0.6) is 0 Å². The van der Waals surface area contributed by atoms with Crippen molar-refractivity contribution in [2.45, 2.75) is 25.4 Å². The van der Waals surface area contributed by atoms with E-state index in [1.165, 1.54) is 12.1 Å². The van der Waals surface area contributed by atoms with Crippen molar-refractivity contribution < 1.29 is 27.5 Å². The van der Waals surface area contributed by atoms with E-state index in [4.69, 9.17) is 4.74 Å². The second-order valence-corrected chi connectivity index (χ2v) is 7.69. The molecule has 1 heterocycles. The number of nitrogens with zero attached hydrogens (tertiary/aromatic N) is 1. The minimum atomic E-state index is -4.51. The summed E-state index contributed by atoms with van der Waals surface area (Å²) in [5, 5.41) is 7.84. The number of carbonyl (C=O) groups is 2. The number of amides is 3. The van der Waals surface area contributed by atoms with Crippen LogP contribution in [0.4, 0.5) is 35.0 Å². The highest BCUT2D eigenvalue weighted by Crippen LogP contribution is 2.31. The lowest BCUT2D eigenvalue weighted by molar-refractivity contribution is -0.137. The number of anilines is 3. The predicted molar refractivity (Wildman–Crippen MR) is 121 cm³/mol. The van der Waals surface area contributed by atoms with Gasteiger partial charge in [0.25, 0.3) is 5.91 Å². The van der Waals surface area contributed by atoms with Crippen molar-refractivity contribution in [2.24, 2.45) is 0 Å². The molecule has 0 aromatic heterocycles. The quantitative estimate of drug-likeness (QED) is 0.494. The van der Waals surface area contributed by atoms with E-state index >= 15 is 0 Å². The van der Waals surface area contributed by atoms with E-state index < -0.39 is 17.8 Å². The summed E-state index contributed by atoms with van der Waals surface area (Å²) in [6.07, 6.45) is -1.77. The van der Waals surface area contributed by atoms with Crippen LogP contribution < -0.4 is 20.9 Å². The Morgan fingerprint density at radius 2 is 1.73 bits per heavy atom. The zero-order valence-corrected chi connectivity index (χ0v) is 18.3. The standard InChI is InChI=1S/C23H27F3N4O3/c1-33-13-5-10-27-21(31)19-15-18(8-9-20(19)30-11-2-3-12-30)29-22(32)28-17-7-4-6-16(14-17)23(24,25)26/h4,6-9,14-15H,2-3,5,10-13H2,1H3,(H,27,31)(H2,28,29,32). The molecule has 1 fully saturated rings. The molecule has 33 heavy (non-hydrogen) atoms. The first-order chi connectivity index (χ1) is 15.8. The molecule has 0 unspecified atom stereocenters. The summed E-state index contributed by atoms with van der Waals surface area (Å²) in [6, 6.07) is 8.67. The van der Waals surface area contributed by atoms with Crippen LogP contribution in [0.25, 0.3) is 0 Å². The van der Waals surface area contributed by atoms with Crippen LogP contribution in [0, 0.1) is 0 Å². The second-order valence-electron chi connectivity index (χ2n) is 7.69. The van der Waals surface area contributed by atoms with E-state index in [0.29, 0.717) is 30.8 Å². The molecule has 0 saturated carbocycles. The maximum absolute atomic E-state index is 12.9. The summed E-state index contributed by atoms with van der Waals surface area (Å²) < 4.78 is 43.7. The molecular formula is C23H27F3N4O3. The number of urea groups is 1. The van der Waals surface area contributed by atoms with Gasteiger partial charge in [0, 0.05) is 50.4 Å². The number of carbonyl (C=O) groups excluding carboxylic acids is 2. The Morgan fingerprint density at radius 1 is 1.03 bits per heavy atom. The Morgan fingerprint density at radius 3 is 2.39 bits per heavy atom. The highest BCUT2D eigenvalue weighted by atomic mass is 19.4. The van der Waals surface area contributed by atoms with E-state index in [9.17, 15) is 22.8 Å². The van der Waals surface area contributed by atoms with E-state index in [1.54, 1.807) is 25.3 Å². The number of rotatable bonds is 8. The van der Waals surface area contributed by atoms with Crippen molar-refractivity contribution in [1.29, 1.82) is 0 Å². The third-order valence-corrected chi connectivity index (χ3v) is 5.20. The molecule has 178 valence electrons. The maximum Gasteiger partial charge on any atom is 0.416 e. The Labute approximate surface area is 190 Å². The molecule has 7 nitrogen and oxygen atoms in total. The fraction of sp³-hybridized carbons (Fsp3) is 0.391. The zero-order valence-electron chi connectivity index (χ0n) is 18.3. The smallest absolute Gasteiger partial charge is 0.385 e. The number of benzene rings is 2. The molecular weight excluding hydrogens is 437 g/mol. The van der Waals surface area contributed by atoms with Crippen LogP contribution in [0.15, 0.2) is 42.5 Å². The first kappa shape index (κ1) is 24.4. The lowest BCUT2D eigenvalue weighted by Gasteiger charge is -2.22. The van der Waals surface area contributed by atoms with Crippen LogP contribution in [-0.2, 0) is 10.9 Å². The van der Waals surface area contributed by atoms with Gasteiger partial charge in [-0.1, -0.05) is 6.07 Å². The number of nitrogens with one attached hydrogen (secondary N) is 3. The van der Waals surface area contributed by atoms with Gasteiger partial charge in [0.05, 0.1) is 11.1 Å². The van der Waals surface area contributed by atoms with Crippen molar-refractivity contribution in [3.8, 4) is 0 Å². The van der Waals surface area contributed by atoms with Crippen LogP contribution in [-0.4, -0.2) is 45.3 Å². The summed E-state index contributed by atoms with van der Waals surface area (Å²) in [5.74, 6) is -0.269. The zero-order chi connectivity index (χ0) is 23.8. The monoisotopic (exact) mass is 464 g/mol. The Kier molecular flexibility index (Phi) is 8.16. The van der Waals surface area contributed by atoms with Crippen LogP contribution >= 0.6 is 0 Å². The van der Waals surface area contributed by atoms with Crippen LogP contribution in [0.3, 0.4) is 0 Å². The number of alkyl halides is 3. The summed E-state index contributed by atoms with van der Waals surface area (Å²) in [7, 11) is 1.59. The maximum atomic E-state index is 12.9. The predicted octanol–water partition coefficient (Wildman–Crippen LogP) is 4.72. The average molecular weight is 464 g/mol. The molecule has 1 aliphatic rings. The van der Waals surface area contributed by atoms with Gasteiger partial charge in [-0.25, -0.2) is 4.79 Å². The van der Waals surface area contributed by atoms with Crippen molar-refractivity contribution in [2.75, 3.05) is 48.9 Å². The average Bonchev–Trinajstić information content (AvgIpc) is 3.31. The highest BCUT2D eigenvalue weighted by molar-refractivity contribution is 6.04. The molecule has 0 bridgehead atoms.